The number of Topliss-reactive ketones (excluding diaryl/α,β-unsaturated/α-hetero) is 1. The standard InChI is InChI=1S/C30H32F3N5.C29H23F3N6O.C29H31F3N4/c1-22(25-6-3-5-23(18-25)9-11-27-20-34-29-7-4-12-35-38(27)29)17-24-8-10-26(28(19-24)30(31,32)33)21-37-15-13-36(2)14-16-37;1-18-5-6-21(13-26(18)37-28-34-9-7-25(36-28)22-4-3-8-33-15-22)27(39)12-20-10-23(29(30,31)32)14-24(11-20)38-16-19(2)35-17-38;1-21-5-7-25(17-24(21)9-10-27-18-33-20-35(27)4)22(2)15-23-6-8-26(28(16-23)29(30,31)32)19-36-13-11-34(3)12-14-36/h3-8,10,12,18-20H,1,9,11,13-17,21H2,2H3;3-11,13-17H,12H2,1-2H3,(H,34,36,37);5-8,16-18,20H,2,11-15,19H2,1,3-4H3. The molecule has 6 aromatic carbocycles. The first-order valence-corrected chi connectivity index (χ1v) is 36.9. The number of aryl methyl sites for hydroxylation is 6. The molecule has 0 spiro atoms. The number of hydrogen-bond acceptors (Lipinski definition) is 13. The van der Waals surface area contributed by atoms with Gasteiger partial charge in [0.2, 0.25) is 5.95 Å². The van der Waals surface area contributed by atoms with Gasteiger partial charge in [-0.15, -0.1) is 0 Å². The number of alkyl halides is 9. The van der Waals surface area contributed by atoms with Crippen LogP contribution in [0.5, 0.6) is 0 Å². The third kappa shape index (κ3) is 21.7. The van der Waals surface area contributed by atoms with Crippen LogP contribution in [0.2, 0.25) is 0 Å². The zero-order valence-electron chi connectivity index (χ0n) is 63.6. The van der Waals surface area contributed by atoms with E-state index < -0.39 is 35.2 Å². The number of fused-ring (bicyclic) bond motifs is 1. The molecule has 1 N–H and O–H groups in total. The van der Waals surface area contributed by atoms with E-state index in [4.69, 9.17) is 0 Å². The van der Waals surface area contributed by atoms with Gasteiger partial charge in [0.05, 0.1) is 58.8 Å². The number of anilines is 2. The Labute approximate surface area is 651 Å². The zero-order chi connectivity index (χ0) is 80.1. The third-order valence-electron chi connectivity index (χ3n) is 20.0. The summed E-state index contributed by atoms with van der Waals surface area (Å²) in [6.45, 7) is 21.2. The minimum atomic E-state index is -4.56. The van der Waals surface area contributed by atoms with Crippen LogP contribution in [0.4, 0.5) is 51.1 Å². The molecule has 0 unspecified atom stereocenters. The summed E-state index contributed by atoms with van der Waals surface area (Å²) < 4.78 is 130. The number of nitrogens with zero attached hydrogens (tertiary/aromatic N) is 14. The van der Waals surface area contributed by atoms with Gasteiger partial charge >= 0.3 is 18.5 Å². The molecule has 16 nitrogen and oxygen atoms in total. The molecule has 6 aromatic heterocycles. The molecule has 12 aromatic rings. The number of rotatable bonds is 20. The second-order valence-electron chi connectivity index (χ2n) is 28.7. The number of hydrogen-bond donors (Lipinski definition) is 1. The van der Waals surface area contributed by atoms with Crippen molar-refractivity contribution in [3.63, 3.8) is 0 Å². The molecular formula is C88H86F9N15O. The number of imidazole rings is 3. The van der Waals surface area contributed by atoms with Crippen LogP contribution in [0.25, 0.3) is 33.7 Å². The van der Waals surface area contributed by atoms with Gasteiger partial charge in [-0.3, -0.25) is 19.6 Å². The fourth-order valence-corrected chi connectivity index (χ4v) is 13.4. The van der Waals surface area contributed by atoms with Gasteiger partial charge in [-0.2, -0.15) is 44.6 Å². The maximum atomic E-state index is 14.0. The van der Waals surface area contributed by atoms with Crippen molar-refractivity contribution in [2.75, 3.05) is 71.8 Å². The smallest absolute Gasteiger partial charge is 0.327 e. The Morgan fingerprint density at radius 1 is 0.531 bits per heavy atom. The highest BCUT2D eigenvalue weighted by atomic mass is 19.4. The molecule has 0 amide bonds. The maximum absolute atomic E-state index is 14.0. The molecule has 25 heteroatoms. The van der Waals surface area contributed by atoms with Crippen molar-refractivity contribution in [2.45, 2.75) is 84.5 Å². The van der Waals surface area contributed by atoms with Gasteiger partial charge in [-0.25, -0.2) is 29.4 Å². The second-order valence-corrected chi connectivity index (χ2v) is 28.7. The molecule has 2 fully saturated rings. The minimum Gasteiger partial charge on any atom is -0.327 e. The highest BCUT2D eigenvalue weighted by Crippen LogP contribution is 2.38. The summed E-state index contributed by atoms with van der Waals surface area (Å²) >= 11 is 0. The van der Waals surface area contributed by atoms with Gasteiger partial charge in [0.25, 0.3) is 0 Å². The molecule has 2 aliphatic heterocycles. The number of benzene rings is 6. The van der Waals surface area contributed by atoms with Crippen LogP contribution >= 0.6 is 0 Å². The lowest BCUT2D eigenvalue weighted by Crippen LogP contribution is -2.44. The van der Waals surface area contributed by atoms with Crippen LogP contribution in [0, 0.1) is 32.6 Å². The van der Waals surface area contributed by atoms with Gasteiger partial charge in [0, 0.05) is 138 Å². The number of aromatic nitrogens is 10. The monoisotopic (exact) mass is 1540 g/mol. The van der Waals surface area contributed by atoms with Crippen LogP contribution in [0.15, 0.2) is 215 Å². The van der Waals surface area contributed by atoms with Crippen molar-refractivity contribution < 1.29 is 44.3 Å². The van der Waals surface area contributed by atoms with Gasteiger partial charge in [-0.05, 0) is 206 Å². The molecule has 0 atom stereocenters. The second kappa shape index (κ2) is 35.8. The van der Waals surface area contributed by atoms with E-state index in [-0.39, 0.29) is 23.5 Å². The first kappa shape index (κ1) is 80.8. The average molecular weight is 1540 g/mol. The van der Waals surface area contributed by atoms with Crippen molar-refractivity contribution in [2.24, 2.45) is 7.05 Å². The van der Waals surface area contributed by atoms with Crippen LogP contribution in [0.1, 0.15) is 105 Å². The first-order valence-electron chi connectivity index (χ1n) is 36.9. The number of nitrogens with one attached hydrogen (secondary N) is 1. The number of carbonyl (C=O) groups is 1. The quantitative estimate of drug-likeness (QED) is 0.0439. The number of pyridine rings is 1. The molecular weight excluding hydrogens is 1450 g/mol. The molecule has 0 bridgehead atoms. The van der Waals surface area contributed by atoms with E-state index in [0.29, 0.717) is 76.8 Å². The highest BCUT2D eigenvalue weighted by molar-refractivity contribution is 5.98. The van der Waals surface area contributed by atoms with E-state index in [2.05, 4.69) is 97.1 Å². The molecule has 0 aliphatic carbocycles. The van der Waals surface area contributed by atoms with E-state index >= 15 is 0 Å². The molecule has 0 radical (unpaired) electrons. The van der Waals surface area contributed by atoms with Crippen LogP contribution < -0.4 is 5.32 Å². The first-order chi connectivity index (χ1) is 54.0. The van der Waals surface area contributed by atoms with E-state index in [0.717, 1.165) is 144 Å². The average Bonchev–Trinajstić information content (AvgIpc) is 1.63. The maximum Gasteiger partial charge on any atom is 0.416 e. The van der Waals surface area contributed by atoms with Gasteiger partial charge in [0.1, 0.15) is 5.69 Å². The lowest BCUT2D eigenvalue weighted by atomic mass is 9.94. The number of carbonyl (C=O) groups excluding carboxylic acids is 1. The topological polar surface area (TPSA) is 147 Å². The number of ketones is 1. The Balaban J connectivity index is 0.000000157. The largest absolute Gasteiger partial charge is 0.416 e. The van der Waals surface area contributed by atoms with E-state index in [1.54, 1.807) is 99.0 Å². The Morgan fingerprint density at radius 3 is 1.79 bits per heavy atom. The summed E-state index contributed by atoms with van der Waals surface area (Å²) in [6.07, 6.45) is 3.74. The Hall–Kier alpha value is -11.7. The van der Waals surface area contributed by atoms with Crippen molar-refractivity contribution >= 4 is 34.2 Å². The van der Waals surface area contributed by atoms with E-state index in [1.165, 1.54) is 23.0 Å². The lowest BCUT2D eigenvalue weighted by molar-refractivity contribution is -0.139. The predicted molar refractivity (Wildman–Crippen MR) is 422 cm³/mol. The highest BCUT2D eigenvalue weighted by Gasteiger charge is 2.36. The van der Waals surface area contributed by atoms with Crippen molar-refractivity contribution in [1.82, 2.24) is 68.3 Å². The van der Waals surface area contributed by atoms with Gasteiger partial charge in [0.15, 0.2) is 11.4 Å². The fraction of sp³-hybridized carbons (Fsp3) is 0.273. The van der Waals surface area contributed by atoms with E-state index in [9.17, 15) is 44.3 Å². The SMILES string of the molecule is C=C(Cc1ccc(CN2CCN(C)CC2)c(C(F)(F)F)c1)c1ccc(C)c(C#Cc2cncn2C)c1.C=C(Cc1ccc(CN2CCN(C)CC2)c(C(F)(F)F)c1)c1cccc(CCc2cnc3cccnn23)c1.Cc1cn(-c2cc(CC(=O)c3ccc(C)c(Nc4nccc(-c5cccnc5)n4)c3)cc(C(F)(F)F)c2)cn1. The molecule has 2 aliphatic rings. The molecule has 14 rings (SSSR count). The third-order valence-corrected chi connectivity index (χ3v) is 20.0. The molecule has 113 heavy (non-hydrogen) atoms. The van der Waals surface area contributed by atoms with Crippen LogP contribution in [-0.4, -0.2) is 140 Å². The Bertz CT molecular complexity index is 5420. The fourth-order valence-electron chi connectivity index (χ4n) is 13.4. The molecule has 2 saturated heterocycles. The van der Waals surface area contributed by atoms with Crippen molar-refractivity contribution in [3.8, 4) is 28.8 Å². The summed E-state index contributed by atoms with van der Waals surface area (Å²) in [6, 6.07) is 41.4. The summed E-state index contributed by atoms with van der Waals surface area (Å²) in [7, 11) is 5.95. The summed E-state index contributed by atoms with van der Waals surface area (Å²) in [5.74, 6) is 6.32. The molecule has 8 heterocycles. The van der Waals surface area contributed by atoms with Gasteiger partial charge < -0.3 is 24.3 Å². The van der Waals surface area contributed by atoms with E-state index in [1.807, 2.05) is 111 Å². The number of allylic oxidation sites excluding steroid dienone is 2. The lowest BCUT2D eigenvalue weighted by Gasteiger charge is -2.33. The summed E-state index contributed by atoms with van der Waals surface area (Å²) in [4.78, 5) is 47.3. The summed E-state index contributed by atoms with van der Waals surface area (Å²) in [5, 5.41) is 7.52. The number of likely N-dealkylation sites (N-methyl/N-ethyl adjacent to an activating group) is 2. The Morgan fingerprint density at radius 2 is 1.18 bits per heavy atom. The Kier molecular flexibility index (Phi) is 25.6. The molecule has 582 valence electrons. The molecule has 0 saturated carbocycles. The van der Waals surface area contributed by atoms with Crippen molar-refractivity contribution in [1.29, 1.82) is 0 Å². The predicted octanol–water partition coefficient (Wildman–Crippen LogP) is 17.2. The number of halogens is 9. The normalized spacial score (nSPS) is 13.8. The zero-order valence-corrected chi connectivity index (χ0v) is 63.6. The van der Waals surface area contributed by atoms with Crippen molar-refractivity contribution in [3.05, 3.63) is 315 Å². The van der Waals surface area contributed by atoms with Gasteiger partial charge in [-0.1, -0.05) is 91.9 Å². The summed E-state index contributed by atoms with van der Waals surface area (Å²) in [5.41, 5.74) is 13.5. The number of piperazine rings is 2. The van der Waals surface area contributed by atoms with Crippen LogP contribution in [0.3, 0.4) is 0 Å². The minimum absolute atomic E-state index is 0.208. The van der Waals surface area contributed by atoms with Crippen LogP contribution in [-0.2, 0) is 70.8 Å².